The molecule has 1 saturated carbocycles. The Morgan fingerprint density at radius 2 is 1.92 bits per heavy atom. The molecule has 0 aliphatic heterocycles. The molecule has 1 aliphatic rings. The second kappa shape index (κ2) is 4.24. The van der Waals surface area contributed by atoms with Crippen molar-refractivity contribution in [2.24, 2.45) is 0 Å². The maximum Gasteiger partial charge on any atom is 0.0646 e. The Kier molecular flexibility index (Phi) is 3.53. The van der Waals surface area contributed by atoms with Crippen LogP contribution in [-0.4, -0.2) is 23.3 Å². The highest BCUT2D eigenvalue weighted by Gasteiger charge is 2.30. The first-order chi connectivity index (χ1) is 5.70. The zero-order chi connectivity index (χ0) is 9.03. The molecule has 1 aliphatic carbocycles. The summed E-state index contributed by atoms with van der Waals surface area (Å²) < 4.78 is 0. The fourth-order valence-electron chi connectivity index (χ4n) is 2.00. The van der Waals surface area contributed by atoms with E-state index in [-0.39, 0.29) is 5.60 Å². The van der Waals surface area contributed by atoms with E-state index in [0.29, 0.717) is 6.04 Å². The van der Waals surface area contributed by atoms with Gasteiger partial charge in [-0.05, 0) is 38.6 Å². The Balaban J connectivity index is 2.29. The molecule has 0 aromatic rings. The van der Waals surface area contributed by atoms with Crippen LogP contribution in [0.4, 0.5) is 0 Å². The summed E-state index contributed by atoms with van der Waals surface area (Å²) in [5, 5.41) is 13.4. The van der Waals surface area contributed by atoms with Crippen molar-refractivity contribution in [1.82, 2.24) is 5.32 Å². The van der Waals surface area contributed by atoms with Crippen LogP contribution in [0.25, 0.3) is 0 Å². The van der Waals surface area contributed by atoms with Crippen LogP contribution in [0.3, 0.4) is 0 Å². The molecule has 2 N–H and O–H groups in total. The predicted octanol–water partition coefficient (Wildman–Crippen LogP) is 1.68. The van der Waals surface area contributed by atoms with E-state index in [1.54, 1.807) is 0 Å². The lowest BCUT2D eigenvalue weighted by molar-refractivity contribution is -0.00660. The molecule has 0 bridgehead atoms. The SMILES string of the molecule is CCNC1CCC(O)(CC)CC1. The molecule has 12 heavy (non-hydrogen) atoms. The third-order valence-electron chi connectivity index (χ3n) is 3.07. The van der Waals surface area contributed by atoms with E-state index in [2.05, 4.69) is 19.2 Å². The van der Waals surface area contributed by atoms with Gasteiger partial charge in [0, 0.05) is 6.04 Å². The van der Waals surface area contributed by atoms with Gasteiger partial charge in [0.25, 0.3) is 0 Å². The molecule has 0 amide bonds. The molecule has 0 aromatic heterocycles. The van der Waals surface area contributed by atoms with Crippen LogP contribution < -0.4 is 5.32 Å². The van der Waals surface area contributed by atoms with Crippen molar-refractivity contribution >= 4 is 0 Å². The zero-order valence-electron chi connectivity index (χ0n) is 8.27. The van der Waals surface area contributed by atoms with Crippen LogP contribution in [0, 0.1) is 0 Å². The molecule has 0 unspecified atom stereocenters. The van der Waals surface area contributed by atoms with E-state index in [4.69, 9.17) is 0 Å². The number of nitrogens with one attached hydrogen (secondary N) is 1. The monoisotopic (exact) mass is 171 g/mol. The van der Waals surface area contributed by atoms with Gasteiger partial charge in [0.2, 0.25) is 0 Å². The van der Waals surface area contributed by atoms with E-state index in [1.807, 2.05) is 0 Å². The topological polar surface area (TPSA) is 32.3 Å². The van der Waals surface area contributed by atoms with Crippen molar-refractivity contribution in [3.05, 3.63) is 0 Å². The lowest BCUT2D eigenvalue weighted by Crippen LogP contribution is -2.40. The van der Waals surface area contributed by atoms with Gasteiger partial charge in [-0.15, -0.1) is 0 Å². The average Bonchev–Trinajstić information content (AvgIpc) is 2.10. The molecule has 0 aromatic carbocycles. The van der Waals surface area contributed by atoms with Gasteiger partial charge in [0.05, 0.1) is 5.60 Å². The first-order valence-corrected chi connectivity index (χ1v) is 5.16. The third-order valence-corrected chi connectivity index (χ3v) is 3.07. The molecular weight excluding hydrogens is 150 g/mol. The Morgan fingerprint density at radius 3 is 2.33 bits per heavy atom. The summed E-state index contributed by atoms with van der Waals surface area (Å²) in [6.45, 7) is 5.27. The van der Waals surface area contributed by atoms with Gasteiger partial charge < -0.3 is 10.4 Å². The average molecular weight is 171 g/mol. The van der Waals surface area contributed by atoms with Crippen LogP contribution in [0.2, 0.25) is 0 Å². The van der Waals surface area contributed by atoms with E-state index >= 15 is 0 Å². The van der Waals surface area contributed by atoms with Crippen molar-refractivity contribution in [1.29, 1.82) is 0 Å². The molecule has 0 spiro atoms. The summed E-state index contributed by atoms with van der Waals surface area (Å²) >= 11 is 0. The van der Waals surface area contributed by atoms with Gasteiger partial charge in [-0.25, -0.2) is 0 Å². The van der Waals surface area contributed by atoms with Crippen molar-refractivity contribution in [3.63, 3.8) is 0 Å². The number of hydrogen-bond donors (Lipinski definition) is 2. The van der Waals surface area contributed by atoms with Gasteiger partial charge in [-0.2, -0.15) is 0 Å². The lowest BCUT2D eigenvalue weighted by Gasteiger charge is -2.35. The van der Waals surface area contributed by atoms with Gasteiger partial charge in [-0.1, -0.05) is 13.8 Å². The zero-order valence-corrected chi connectivity index (χ0v) is 8.27. The van der Waals surface area contributed by atoms with Crippen molar-refractivity contribution in [2.45, 2.75) is 57.6 Å². The Morgan fingerprint density at radius 1 is 1.33 bits per heavy atom. The number of rotatable bonds is 3. The fraction of sp³-hybridized carbons (Fsp3) is 1.00. The number of hydrogen-bond acceptors (Lipinski definition) is 2. The molecule has 0 heterocycles. The van der Waals surface area contributed by atoms with E-state index in [9.17, 15) is 5.11 Å². The van der Waals surface area contributed by atoms with Gasteiger partial charge in [0.15, 0.2) is 0 Å². The van der Waals surface area contributed by atoms with Crippen LogP contribution in [-0.2, 0) is 0 Å². The van der Waals surface area contributed by atoms with E-state index in [0.717, 1.165) is 38.6 Å². The minimum absolute atomic E-state index is 0.341. The predicted molar refractivity (Wildman–Crippen MR) is 51.2 cm³/mol. The molecule has 0 atom stereocenters. The molecule has 1 fully saturated rings. The van der Waals surface area contributed by atoms with E-state index in [1.165, 1.54) is 0 Å². The fourth-order valence-corrected chi connectivity index (χ4v) is 2.00. The third kappa shape index (κ3) is 2.46. The highest BCUT2D eigenvalue weighted by molar-refractivity contribution is 4.86. The summed E-state index contributed by atoms with van der Waals surface area (Å²) in [7, 11) is 0. The maximum absolute atomic E-state index is 9.94. The smallest absolute Gasteiger partial charge is 0.0646 e. The quantitative estimate of drug-likeness (QED) is 0.677. The highest BCUT2D eigenvalue weighted by atomic mass is 16.3. The molecule has 2 nitrogen and oxygen atoms in total. The standard InChI is InChI=1S/C10H21NO/c1-3-10(12)7-5-9(6-8-10)11-4-2/h9,11-12H,3-8H2,1-2H3. The second-order valence-corrected chi connectivity index (χ2v) is 3.91. The van der Waals surface area contributed by atoms with Crippen LogP contribution in [0.15, 0.2) is 0 Å². The van der Waals surface area contributed by atoms with Crippen LogP contribution in [0.5, 0.6) is 0 Å². The molecule has 0 radical (unpaired) electrons. The normalized spacial score (nSPS) is 36.8. The van der Waals surface area contributed by atoms with E-state index < -0.39 is 0 Å². The maximum atomic E-state index is 9.94. The van der Waals surface area contributed by atoms with Crippen molar-refractivity contribution < 1.29 is 5.11 Å². The molecule has 1 rings (SSSR count). The second-order valence-electron chi connectivity index (χ2n) is 3.91. The van der Waals surface area contributed by atoms with Gasteiger partial charge in [-0.3, -0.25) is 0 Å². The first-order valence-electron chi connectivity index (χ1n) is 5.16. The van der Waals surface area contributed by atoms with Crippen LogP contribution in [0.1, 0.15) is 46.0 Å². The summed E-state index contributed by atoms with van der Waals surface area (Å²) in [6, 6.07) is 0.654. The van der Waals surface area contributed by atoms with Crippen molar-refractivity contribution in [2.75, 3.05) is 6.54 Å². The first kappa shape index (κ1) is 10.0. The summed E-state index contributed by atoms with van der Waals surface area (Å²) in [5.41, 5.74) is -0.341. The molecular formula is C10H21NO. The molecule has 72 valence electrons. The largest absolute Gasteiger partial charge is 0.390 e. The minimum Gasteiger partial charge on any atom is -0.390 e. The van der Waals surface area contributed by atoms with Crippen LogP contribution >= 0.6 is 0 Å². The Labute approximate surface area is 75.4 Å². The van der Waals surface area contributed by atoms with Gasteiger partial charge >= 0.3 is 0 Å². The minimum atomic E-state index is -0.341. The Bertz CT molecular complexity index is 128. The van der Waals surface area contributed by atoms with Gasteiger partial charge in [0.1, 0.15) is 0 Å². The number of aliphatic hydroxyl groups is 1. The highest BCUT2D eigenvalue weighted by Crippen LogP contribution is 2.30. The molecule has 0 saturated heterocycles. The summed E-state index contributed by atoms with van der Waals surface area (Å²) in [6.07, 6.45) is 5.13. The van der Waals surface area contributed by atoms with Crippen molar-refractivity contribution in [3.8, 4) is 0 Å². The summed E-state index contributed by atoms with van der Waals surface area (Å²) in [4.78, 5) is 0. The Hall–Kier alpha value is -0.0800. The molecule has 2 heteroatoms. The summed E-state index contributed by atoms with van der Waals surface area (Å²) in [5.74, 6) is 0. The lowest BCUT2D eigenvalue weighted by atomic mass is 9.80.